The second kappa shape index (κ2) is 8.08. The molecule has 27 heavy (non-hydrogen) atoms. The van der Waals surface area contributed by atoms with Gasteiger partial charge in [0.05, 0.1) is 7.11 Å². The van der Waals surface area contributed by atoms with E-state index < -0.39 is 7.12 Å². The van der Waals surface area contributed by atoms with Crippen LogP contribution in [0.4, 0.5) is 0 Å². The topological polar surface area (TPSA) is 49.7 Å². The van der Waals surface area contributed by atoms with Gasteiger partial charge in [0.1, 0.15) is 5.76 Å². The van der Waals surface area contributed by atoms with E-state index in [9.17, 15) is 10.0 Å². The Morgan fingerprint density at radius 3 is 2.63 bits per heavy atom. The lowest BCUT2D eigenvalue weighted by Crippen LogP contribution is -2.18. The molecule has 1 unspecified atom stereocenters. The third kappa shape index (κ3) is 3.92. The van der Waals surface area contributed by atoms with E-state index in [1.54, 1.807) is 7.11 Å². The van der Waals surface area contributed by atoms with Gasteiger partial charge in [-0.05, 0) is 71.8 Å². The summed E-state index contributed by atoms with van der Waals surface area (Å²) in [6.45, 7) is 0. The minimum atomic E-state index is -1.34. The molecule has 0 spiro atoms. The molecule has 4 heteroatoms. The first kappa shape index (κ1) is 18.6. The first-order chi connectivity index (χ1) is 13.2. The second-order valence-corrected chi connectivity index (χ2v) is 8.12. The maximum Gasteiger partial charge on any atom is 0.484 e. The summed E-state index contributed by atoms with van der Waals surface area (Å²) in [5, 5.41) is 18.8. The Labute approximate surface area is 162 Å². The van der Waals surface area contributed by atoms with E-state index in [2.05, 4.69) is 30.4 Å². The zero-order valence-corrected chi connectivity index (χ0v) is 16.2. The van der Waals surface area contributed by atoms with Gasteiger partial charge in [-0.25, -0.2) is 0 Å². The minimum Gasteiger partial charge on any atom is -0.497 e. The second-order valence-electron chi connectivity index (χ2n) is 8.12. The summed E-state index contributed by atoms with van der Waals surface area (Å²) in [4.78, 5) is 0. The third-order valence-corrected chi connectivity index (χ3v) is 6.44. The van der Waals surface area contributed by atoms with Gasteiger partial charge < -0.3 is 14.8 Å². The molecule has 3 aliphatic rings. The van der Waals surface area contributed by atoms with E-state index in [1.165, 1.54) is 48.8 Å². The molecule has 1 saturated carbocycles. The lowest BCUT2D eigenvalue weighted by molar-refractivity contribution is 0.276. The van der Waals surface area contributed by atoms with Crippen molar-refractivity contribution < 1.29 is 14.8 Å². The molecule has 0 radical (unpaired) electrons. The maximum atomic E-state index is 9.42. The molecule has 0 aliphatic heterocycles. The van der Waals surface area contributed by atoms with Gasteiger partial charge in [0, 0.05) is 5.92 Å². The van der Waals surface area contributed by atoms with Crippen LogP contribution in [0.2, 0.25) is 0 Å². The van der Waals surface area contributed by atoms with Crippen molar-refractivity contribution in [3.63, 3.8) is 0 Å². The van der Waals surface area contributed by atoms with Gasteiger partial charge in [-0.2, -0.15) is 0 Å². The zero-order valence-electron chi connectivity index (χ0n) is 16.2. The Bertz CT molecular complexity index is 785. The number of benzene rings is 1. The molecule has 142 valence electrons. The third-order valence-electron chi connectivity index (χ3n) is 6.44. The summed E-state index contributed by atoms with van der Waals surface area (Å²) in [6, 6.07) is 6.65. The molecule has 0 bridgehead atoms. The van der Waals surface area contributed by atoms with Crippen LogP contribution in [-0.2, 0) is 11.2 Å². The van der Waals surface area contributed by atoms with E-state index >= 15 is 0 Å². The molecule has 3 nitrogen and oxygen atoms in total. The van der Waals surface area contributed by atoms with Gasteiger partial charge in [-0.15, -0.1) is 0 Å². The van der Waals surface area contributed by atoms with Crippen molar-refractivity contribution in [3.8, 4) is 0 Å². The number of fused-ring (bicyclic) bond motifs is 1. The van der Waals surface area contributed by atoms with Crippen molar-refractivity contribution in [3.05, 3.63) is 63.8 Å². The van der Waals surface area contributed by atoms with Crippen LogP contribution in [-0.4, -0.2) is 24.3 Å². The van der Waals surface area contributed by atoms with Gasteiger partial charge in [-0.1, -0.05) is 49.6 Å². The molecule has 1 fully saturated rings. The van der Waals surface area contributed by atoms with Crippen LogP contribution in [0.1, 0.15) is 67.6 Å². The maximum absolute atomic E-state index is 9.42. The summed E-state index contributed by atoms with van der Waals surface area (Å²) in [6.07, 6.45) is 15.8. The molecule has 0 heterocycles. The predicted octanol–water partition coefficient (Wildman–Crippen LogP) is 4.55. The smallest absolute Gasteiger partial charge is 0.484 e. The Morgan fingerprint density at radius 2 is 1.89 bits per heavy atom. The highest BCUT2D eigenvalue weighted by atomic mass is 16.5. The van der Waals surface area contributed by atoms with Gasteiger partial charge >= 0.3 is 7.12 Å². The number of hydrogen-bond donors (Lipinski definition) is 2. The van der Waals surface area contributed by atoms with E-state index in [4.69, 9.17) is 4.74 Å². The SMILES string of the molecule is COC1=CCC(c2ccc3c(c2)CCC(B(O)O)=C3)C=C1C1CCCCC1. The first-order valence-corrected chi connectivity index (χ1v) is 10.3. The summed E-state index contributed by atoms with van der Waals surface area (Å²) in [7, 11) is 0.455. The Kier molecular flexibility index (Phi) is 5.56. The molecule has 0 amide bonds. The van der Waals surface area contributed by atoms with Crippen molar-refractivity contribution in [2.45, 2.75) is 57.3 Å². The van der Waals surface area contributed by atoms with E-state index in [1.807, 2.05) is 6.08 Å². The quantitative estimate of drug-likeness (QED) is 0.771. The van der Waals surface area contributed by atoms with Crippen molar-refractivity contribution in [2.24, 2.45) is 5.92 Å². The largest absolute Gasteiger partial charge is 0.497 e. The number of aryl methyl sites for hydroxylation is 1. The minimum absolute atomic E-state index is 0.403. The zero-order chi connectivity index (χ0) is 18.8. The number of methoxy groups -OCH3 is 1. The van der Waals surface area contributed by atoms with Crippen LogP contribution < -0.4 is 0 Å². The lowest BCUT2D eigenvalue weighted by atomic mass is 9.72. The monoisotopic (exact) mass is 364 g/mol. The molecular formula is C23H29BO3. The van der Waals surface area contributed by atoms with Gasteiger partial charge in [0.25, 0.3) is 0 Å². The number of rotatable bonds is 4. The molecular weight excluding hydrogens is 335 g/mol. The normalized spacial score (nSPS) is 23.1. The standard InChI is InChI=1S/C23H29BO3/c1-27-23-12-10-20(15-22(23)16-5-3-2-4-6-16)17-7-8-19-14-21(24(25)26)11-9-18(19)13-17/h7-8,12-16,20,25-26H,2-6,9-11H2,1H3. The molecule has 0 aromatic heterocycles. The fraction of sp³-hybridized carbons (Fsp3) is 0.478. The molecule has 1 atom stereocenters. The molecule has 2 N–H and O–H groups in total. The Morgan fingerprint density at radius 1 is 1.07 bits per heavy atom. The Balaban J connectivity index is 1.60. The average Bonchev–Trinajstić information content (AvgIpc) is 2.73. The molecule has 0 saturated heterocycles. The number of hydrogen-bond acceptors (Lipinski definition) is 3. The predicted molar refractivity (Wildman–Crippen MR) is 110 cm³/mol. The van der Waals surface area contributed by atoms with Crippen molar-refractivity contribution in [1.82, 2.24) is 0 Å². The average molecular weight is 364 g/mol. The summed E-state index contributed by atoms with van der Waals surface area (Å²) < 4.78 is 5.70. The fourth-order valence-electron chi connectivity index (χ4n) is 4.87. The highest BCUT2D eigenvalue weighted by Crippen LogP contribution is 2.40. The Hall–Kier alpha value is -1.78. The lowest BCUT2D eigenvalue weighted by Gasteiger charge is -2.30. The van der Waals surface area contributed by atoms with Crippen LogP contribution >= 0.6 is 0 Å². The van der Waals surface area contributed by atoms with Crippen LogP contribution in [0.15, 0.2) is 47.2 Å². The van der Waals surface area contributed by atoms with Crippen LogP contribution in [0.5, 0.6) is 0 Å². The summed E-state index contributed by atoms with van der Waals surface area (Å²) in [5.74, 6) is 2.13. The highest BCUT2D eigenvalue weighted by molar-refractivity contribution is 6.52. The summed E-state index contributed by atoms with van der Waals surface area (Å²) >= 11 is 0. The summed E-state index contributed by atoms with van der Waals surface area (Å²) in [5.41, 5.74) is 5.91. The van der Waals surface area contributed by atoms with Crippen LogP contribution in [0, 0.1) is 5.92 Å². The first-order valence-electron chi connectivity index (χ1n) is 10.3. The number of ether oxygens (including phenoxy) is 1. The van der Waals surface area contributed by atoms with E-state index in [0.717, 1.165) is 30.6 Å². The van der Waals surface area contributed by atoms with Crippen LogP contribution in [0.25, 0.3) is 6.08 Å². The molecule has 4 rings (SSSR count). The van der Waals surface area contributed by atoms with Crippen molar-refractivity contribution >= 4 is 13.2 Å². The molecule has 1 aromatic rings. The van der Waals surface area contributed by atoms with Crippen molar-refractivity contribution in [1.29, 1.82) is 0 Å². The van der Waals surface area contributed by atoms with Crippen LogP contribution in [0.3, 0.4) is 0 Å². The van der Waals surface area contributed by atoms with E-state index in [-0.39, 0.29) is 0 Å². The van der Waals surface area contributed by atoms with Gasteiger partial charge in [-0.3, -0.25) is 0 Å². The molecule has 1 aromatic carbocycles. The van der Waals surface area contributed by atoms with Crippen molar-refractivity contribution in [2.75, 3.05) is 7.11 Å². The van der Waals surface area contributed by atoms with Gasteiger partial charge in [0.2, 0.25) is 0 Å². The molecule has 3 aliphatic carbocycles. The highest BCUT2D eigenvalue weighted by Gasteiger charge is 2.26. The van der Waals surface area contributed by atoms with E-state index in [0.29, 0.717) is 17.3 Å². The van der Waals surface area contributed by atoms with Gasteiger partial charge in [0.15, 0.2) is 0 Å². The number of allylic oxidation sites excluding steroid dienone is 4. The fourth-order valence-corrected chi connectivity index (χ4v) is 4.87.